The van der Waals surface area contributed by atoms with Gasteiger partial charge in [0.1, 0.15) is 5.52 Å². The molecule has 0 unspecified atom stereocenters. The van der Waals surface area contributed by atoms with Crippen molar-refractivity contribution in [1.82, 2.24) is 24.1 Å². The number of nitrogens with zero attached hydrogens (tertiary/aromatic N) is 5. The lowest BCUT2D eigenvalue weighted by Crippen LogP contribution is -2.24. The summed E-state index contributed by atoms with van der Waals surface area (Å²) in [5, 5.41) is 8.22. The monoisotopic (exact) mass is 466 g/mol. The molecule has 0 amide bonds. The van der Waals surface area contributed by atoms with E-state index in [0.717, 1.165) is 16.8 Å². The number of nitrogens with one attached hydrogen (secondary N) is 1. The molecule has 0 aliphatic rings. The normalized spacial score (nSPS) is 10.9. The Morgan fingerprint density at radius 1 is 1.15 bits per heavy atom. The van der Waals surface area contributed by atoms with Gasteiger partial charge in [0.05, 0.1) is 25.0 Å². The largest absolute Gasteiger partial charge is 0.478 e. The van der Waals surface area contributed by atoms with Crippen LogP contribution in [-0.2, 0) is 18.3 Å². The average Bonchev–Trinajstić information content (AvgIpc) is 3.04. The molecule has 0 fully saturated rings. The molecule has 3 heterocycles. The molecule has 3 aromatic heterocycles. The molecule has 0 aliphatic heterocycles. The SMILES string of the molecule is CCOC(=N)c1ccccc1Cn1c(=O)n(C)c2cnc(-c3cccnc3C(C)C)nc21.Cl. The number of rotatable bonds is 6. The van der Waals surface area contributed by atoms with Gasteiger partial charge < -0.3 is 4.74 Å². The number of imidazole rings is 1. The Kier molecular flexibility index (Phi) is 7.28. The van der Waals surface area contributed by atoms with E-state index in [1.165, 1.54) is 0 Å². The van der Waals surface area contributed by atoms with E-state index in [9.17, 15) is 4.79 Å². The minimum atomic E-state index is -0.195. The molecule has 33 heavy (non-hydrogen) atoms. The van der Waals surface area contributed by atoms with Crippen molar-refractivity contribution in [1.29, 1.82) is 5.41 Å². The molecule has 172 valence electrons. The Bertz CT molecular complexity index is 1360. The number of aryl methyl sites for hydroxylation is 1. The van der Waals surface area contributed by atoms with E-state index in [2.05, 4.69) is 23.8 Å². The minimum Gasteiger partial charge on any atom is -0.478 e. The van der Waals surface area contributed by atoms with Gasteiger partial charge in [-0.05, 0) is 36.6 Å². The van der Waals surface area contributed by atoms with Crippen LogP contribution in [0.15, 0.2) is 53.6 Å². The molecule has 4 aromatic rings. The zero-order chi connectivity index (χ0) is 22.8. The number of hydrogen-bond acceptors (Lipinski definition) is 6. The maximum absolute atomic E-state index is 13.1. The Morgan fingerprint density at radius 3 is 2.64 bits per heavy atom. The highest BCUT2D eigenvalue weighted by atomic mass is 35.5. The van der Waals surface area contributed by atoms with Crippen LogP contribution >= 0.6 is 12.4 Å². The van der Waals surface area contributed by atoms with Crippen molar-refractivity contribution < 1.29 is 4.74 Å². The first kappa shape index (κ1) is 24.1. The fraction of sp³-hybridized carbons (Fsp3) is 0.292. The molecule has 0 atom stereocenters. The number of halogens is 1. The van der Waals surface area contributed by atoms with Crippen LogP contribution in [0.2, 0.25) is 0 Å². The molecule has 1 aromatic carbocycles. The number of ether oxygens (including phenoxy) is 1. The van der Waals surface area contributed by atoms with Crippen LogP contribution in [0.25, 0.3) is 22.6 Å². The Hall–Kier alpha value is -3.52. The lowest BCUT2D eigenvalue weighted by Gasteiger charge is -2.12. The van der Waals surface area contributed by atoms with E-state index >= 15 is 0 Å². The van der Waals surface area contributed by atoms with E-state index in [1.807, 2.05) is 43.3 Å². The maximum Gasteiger partial charge on any atom is 0.330 e. The summed E-state index contributed by atoms with van der Waals surface area (Å²) in [4.78, 5) is 26.9. The van der Waals surface area contributed by atoms with E-state index in [4.69, 9.17) is 15.1 Å². The van der Waals surface area contributed by atoms with Gasteiger partial charge in [0.2, 0.25) is 5.90 Å². The van der Waals surface area contributed by atoms with Crippen molar-refractivity contribution in [2.75, 3.05) is 6.61 Å². The highest BCUT2D eigenvalue weighted by Gasteiger charge is 2.19. The molecule has 0 bridgehead atoms. The molecular formula is C24H27ClN6O2. The first-order valence-corrected chi connectivity index (χ1v) is 10.6. The summed E-state index contributed by atoms with van der Waals surface area (Å²) in [5.74, 6) is 0.826. The lowest BCUT2D eigenvalue weighted by atomic mass is 10.0. The van der Waals surface area contributed by atoms with E-state index in [0.29, 0.717) is 29.2 Å². The zero-order valence-corrected chi connectivity index (χ0v) is 19.9. The van der Waals surface area contributed by atoms with Crippen molar-refractivity contribution in [3.63, 3.8) is 0 Å². The second-order valence-corrected chi connectivity index (χ2v) is 7.84. The first-order chi connectivity index (χ1) is 15.4. The Morgan fingerprint density at radius 2 is 1.91 bits per heavy atom. The van der Waals surface area contributed by atoms with Gasteiger partial charge in [-0.25, -0.2) is 14.8 Å². The summed E-state index contributed by atoms with van der Waals surface area (Å²) in [7, 11) is 1.71. The topological polar surface area (TPSA) is 98.7 Å². The van der Waals surface area contributed by atoms with Crippen LogP contribution in [0, 0.1) is 5.41 Å². The fourth-order valence-electron chi connectivity index (χ4n) is 3.79. The van der Waals surface area contributed by atoms with Crippen molar-refractivity contribution in [2.24, 2.45) is 7.05 Å². The lowest BCUT2D eigenvalue weighted by molar-refractivity contribution is 0.325. The zero-order valence-electron chi connectivity index (χ0n) is 19.1. The molecule has 1 N–H and O–H groups in total. The second-order valence-electron chi connectivity index (χ2n) is 7.84. The quantitative estimate of drug-likeness (QED) is 0.340. The predicted molar refractivity (Wildman–Crippen MR) is 131 cm³/mol. The molecule has 4 rings (SSSR count). The average molecular weight is 467 g/mol. The Labute approximate surface area is 198 Å². The van der Waals surface area contributed by atoms with E-state index < -0.39 is 0 Å². The van der Waals surface area contributed by atoms with Gasteiger partial charge in [0.15, 0.2) is 11.5 Å². The van der Waals surface area contributed by atoms with Crippen molar-refractivity contribution in [3.05, 3.63) is 76.1 Å². The summed E-state index contributed by atoms with van der Waals surface area (Å²) in [6.07, 6.45) is 3.45. The Balaban J connectivity index is 0.00000306. The van der Waals surface area contributed by atoms with Gasteiger partial charge in [-0.1, -0.05) is 32.0 Å². The predicted octanol–water partition coefficient (Wildman–Crippen LogP) is 4.15. The summed E-state index contributed by atoms with van der Waals surface area (Å²) >= 11 is 0. The fourth-order valence-corrected chi connectivity index (χ4v) is 3.79. The van der Waals surface area contributed by atoms with Crippen LogP contribution in [0.5, 0.6) is 0 Å². The highest BCUT2D eigenvalue weighted by Crippen LogP contribution is 2.26. The summed E-state index contributed by atoms with van der Waals surface area (Å²) in [5.41, 5.74) is 4.22. The van der Waals surface area contributed by atoms with Crippen LogP contribution in [0.3, 0.4) is 0 Å². The van der Waals surface area contributed by atoms with Crippen molar-refractivity contribution in [2.45, 2.75) is 33.2 Å². The van der Waals surface area contributed by atoms with Crippen molar-refractivity contribution >= 4 is 29.5 Å². The third-order valence-corrected chi connectivity index (χ3v) is 5.39. The van der Waals surface area contributed by atoms with Crippen molar-refractivity contribution in [3.8, 4) is 11.4 Å². The molecule has 0 saturated carbocycles. The third kappa shape index (κ3) is 4.52. The number of pyridine rings is 1. The van der Waals surface area contributed by atoms with Gasteiger partial charge in [-0.2, -0.15) is 0 Å². The molecule has 0 radical (unpaired) electrons. The van der Waals surface area contributed by atoms with Crippen LogP contribution in [0.1, 0.15) is 43.5 Å². The van der Waals surface area contributed by atoms with Crippen LogP contribution in [0.4, 0.5) is 0 Å². The van der Waals surface area contributed by atoms with Gasteiger partial charge in [-0.15, -0.1) is 12.4 Å². The first-order valence-electron chi connectivity index (χ1n) is 10.6. The van der Waals surface area contributed by atoms with Crippen LogP contribution in [-0.4, -0.2) is 36.6 Å². The smallest absolute Gasteiger partial charge is 0.330 e. The molecule has 0 saturated heterocycles. The number of benzene rings is 1. The standard InChI is InChI=1S/C24H26N6O2.ClH/c1-5-32-21(25)17-10-7-6-9-16(17)14-30-23-19(29(4)24(30)31)13-27-22(28-23)18-11-8-12-26-20(18)15(2)3;/h6-13,15,25H,5,14H2,1-4H3;1H. The van der Waals surface area contributed by atoms with E-state index in [-0.39, 0.29) is 36.5 Å². The van der Waals surface area contributed by atoms with Gasteiger partial charge in [0, 0.05) is 24.4 Å². The number of hydrogen-bond donors (Lipinski definition) is 1. The maximum atomic E-state index is 13.1. The third-order valence-electron chi connectivity index (χ3n) is 5.39. The summed E-state index contributed by atoms with van der Waals surface area (Å²) in [6, 6.07) is 11.3. The van der Waals surface area contributed by atoms with Crippen LogP contribution < -0.4 is 5.69 Å². The highest BCUT2D eigenvalue weighted by molar-refractivity contribution is 5.93. The van der Waals surface area contributed by atoms with E-state index in [1.54, 1.807) is 28.6 Å². The number of aromatic nitrogens is 5. The van der Waals surface area contributed by atoms with Gasteiger partial charge in [-0.3, -0.25) is 19.5 Å². The molecule has 0 spiro atoms. The number of fused-ring (bicyclic) bond motifs is 1. The molecule has 8 nitrogen and oxygen atoms in total. The van der Waals surface area contributed by atoms with Gasteiger partial charge in [0.25, 0.3) is 0 Å². The second kappa shape index (κ2) is 9.95. The molecule has 0 aliphatic carbocycles. The summed E-state index contributed by atoms with van der Waals surface area (Å²) in [6.45, 7) is 6.67. The minimum absolute atomic E-state index is 0. The van der Waals surface area contributed by atoms with Gasteiger partial charge >= 0.3 is 5.69 Å². The molecular weight excluding hydrogens is 440 g/mol. The molecule has 9 heteroatoms. The summed E-state index contributed by atoms with van der Waals surface area (Å²) < 4.78 is 8.56.